The highest BCUT2D eigenvalue weighted by atomic mass is 32.2. The fraction of sp³-hybridized carbons (Fsp3) is 0.885. The molecule has 0 amide bonds. The molecule has 1 aliphatic carbocycles. The van der Waals surface area contributed by atoms with Crippen LogP contribution in [0.5, 0.6) is 0 Å². The zero-order chi connectivity index (χ0) is 32.8. The van der Waals surface area contributed by atoms with Crippen molar-refractivity contribution in [2.75, 3.05) is 19.8 Å². The normalized spacial score (nSPS) is 19.0. The largest absolute Gasteiger partial charge is 0.511 e. The molecule has 0 bridgehead atoms. The minimum Gasteiger partial charge on any atom is -0.464 e. The first kappa shape index (κ1) is 37.9. The maximum absolute atomic E-state index is 13.8. The van der Waals surface area contributed by atoms with Crippen molar-refractivity contribution < 1.29 is 63.4 Å². The highest BCUT2D eigenvalue weighted by Gasteiger charge is 2.52. The first-order valence-corrected chi connectivity index (χ1v) is 15.1. The monoisotopic (exact) mass is 641 g/mol. The number of rotatable bonds is 15. The summed E-state index contributed by atoms with van der Waals surface area (Å²) >= 11 is 0. The number of nitrogens with one attached hydrogen (secondary N) is 1. The summed E-state index contributed by atoms with van der Waals surface area (Å²) in [5, 5.41) is 0. The van der Waals surface area contributed by atoms with E-state index in [-0.39, 0.29) is 19.3 Å². The average Bonchev–Trinajstić information content (AvgIpc) is 3.32. The molecule has 0 aromatic carbocycles. The summed E-state index contributed by atoms with van der Waals surface area (Å²) in [6.07, 6.45) is -2.13. The number of alkyl halides is 6. The van der Waals surface area contributed by atoms with Crippen molar-refractivity contribution >= 4 is 27.9 Å². The molecule has 0 saturated heterocycles. The lowest BCUT2D eigenvalue weighted by molar-refractivity contribution is -0.195. The SMILES string of the molecule is CCC1(OC(=O)C(C)(CC(C)(C)C(=O)OCC(F)(F)F)CC(C)(CC)C(=O)OCCNS(=O)(=O)C(F)(F)F)CCCC1. The van der Waals surface area contributed by atoms with Crippen LogP contribution in [0, 0.1) is 16.2 Å². The Hall–Kier alpha value is -2.10. The molecule has 2 unspecified atom stereocenters. The first-order chi connectivity index (χ1) is 18.9. The number of carbonyl (C=O) groups is 3. The average molecular weight is 642 g/mol. The third kappa shape index (κ3) is 10.3. The van der Waals surface area contributed by atoms with Crippen molar-refractivity contribution in [2.24, 2.45) is 16.2 Å². The van der Waals surface area contributed by atoms with E-state index < -0.39 is 81.2 Å². The van der Waals surface area contributed by atoms with E-state index in [1.807, 2.05) is 6.92 Å². The second-order valence-corrected chi connectivity index (χ2v) is 13.8. The van der Waals surface area contributed by atoms with Gasteiger partial charge in [0.1, 0.15) is 12.2 Å². The van der Waals surface area contributed by atoms with E-state index in [4.69, 9.17) is 9.47 Å². The van der Waals surface area contributed by atoms with Gasteiger partial charge in [-0.2, -0.15) is 26.3 Å². The topological polar surface area (TPSA) is 125 Å². The molecule has 0 radical (unpaired) electrons. The van der Waals surface area contributed by atoms with Crippen molar-refractivity contribution in [1.82, 2.24) is 4.72 Å². The summed E-state index contributed by atoms with van der Waals surface area (Å²) in [6, 6.07) is 0. The van der Waals surface area contributed by atoms with Crippen molar-refractivity contribution in [3.8, 4) is 0 Å². The van der Waals surface area contributed by atoms with E-state index in [0.717, 1.165) is 12.8 Å². The third-order valence-corrected chi connectivity index (χ3v) is 8.89. The summed E-state index contributed by atoms with van der Waals surface area (Å²) < 4.78 is 115. The number of esters is 3. The van der Waals surface area contributed by atoms with Gasteiger partial charge in [0.25, 0.3) is 0 Å². The van der Waals surface area contributed by atoms with Crippen LogP contribution in [0.2, 0.25) is 0 Å². The van der Waals surface area contributed by atoms with Gasteiger partial charge in [0.15, 0.2) is 6.61 Å². The summed E-state index contributed by atoms with van der Waals surface area (Å²) in [5.41, 5.74) is -11.1. The smallest absolute Gasteiger partial charge is 0.464 e. The molecule has 1 saturated carbocycles. The second kappa shape index (κ2) is 13.7. The molecule has 1 aliphatic rings. The van der Waals surface area contributed by atoms with E-state index in [9.17, 15) is 49.1 Å². The third-order valence-electron chi connectivity index (χ3n) is 7.70. The number of ether oxygens (including phenoxy) is 3. The van der Waals surface area contributed by atoms with Crippen LogP contribution in [-0.2, 0) is 38.6 Å². The Labute approximate surface area is 242 Å². The Balaban J connectivity index is 3.24. The van der Waals surface area contributed by atoms with Crippen LogP contribution in [0.15, 0.2) is 0 Å². The van der Waals surface area contributed by atoms with Crippen molar-refractivity contribution in [2.45, 2.75) is 110 Å². The highest BCUT2D eigenvalue weighted by molar-refractivity contribution is 7.90. The standard InChI is InChI=1S/C26H41F6NO8S/c1-7-22(5,19(35)39-14-13-33-42(37,38)26(30,31)32)16-23(6,20(36)41-24(8-2)11-9-10-12-24)15-21(3,4)18(34)40-17-25(27,28)29/h33H,7-17H2,1-6H3. The molecule has 9 nitrogen and oxygen atoms in total. The van der Waals surface area contributed by atoms with E-state index in [0.29, 0.717) is 19.3 Å². The van der Waals surface area contributed by atoms with E-state index >= 15 is 0 Å². The molecule has 0 aliphatic heterocycles. The van der Waals surface area contributed by atoms with Gasteiger partial charge in [0.2, 0.25) is 0 Å². The summed E-state index contributed by atoms with van der Waals surface area (Å²) in [7, 11) is -5.66. The van der Waals surface area contributed by atoms with Crippen LogP contribution in [0.25, 0.3) is 0 Å². The molecule has 2 atom stereocenters. The Morgan fingerprint density at radius 2 is 1.36 bits per heavy atom. The molecule has 42 heavy (non-hydrogen) atoms. The van der Waals surface area contributed by atoms with Gasteiger partial charge in [-0.1, -0.05) is 13.8 Å². The molecule has 0 aromatic rings. The lowest BCUT2D eigenvalue weighted by Gasteiger charge is -2.41. The van der Waals surface area contributed by atoms with Crippen LogP contribution >= 0.6 is 0 Å². The minimum absolute atomic E-state index is 0.0425. The van der Waals surface area contributed by atoms with Crippen LogP contribution in [-0.4, -0.2) is 63.4 Å². The van der Waals surface area contributed by atoms with Crippen LogP contribution in [0.4, 0.5) is 26.3 Å². The van der Waals surface area contributed by atoms with Crippen molar-refractivity contribution in [3.05, 3.63) is 0 Å². The first-order valence-electron chi connectivity index (χ1n) is 13.6. The minimum atomic E-state index is -5.66. The molecule has 1 rings (SSSR count). The number of halogens is 6. The summed E-state index contributed by atoms with van der Waals surface area (Å²) in [5.74, 6) is -2.95. The lowest BCUT2D eigenvalue weighted by Crippen LogP contribution is -2.47. The maximum Gasteiger partial charge on any atom is 0.511 e. The van der Waals surface area contributed by atoms with E-state index in [1.54, 1.807) is 6.92 Å². The molecular weight excluding hydrogens is 600 g/mol. The molecule has 0 aromatic heterocycles. The molecule has 0 heterocycles. The highest BCUT2D eigenvalue weighted by Crippen LogP contribution is 2.48. The molecule has 1 fully saturated rings. The molecule has 246 valence electrons. The zero-order valence-corrected chi connectivity index (χ0v) is 25.5. The Bertz CT molecular complexity index is 1070. The fourth-order valence-corrected chi connectivity index (χ4v) is 5.76. The molecule has 1 N–H and O–H groups in total. The van der Waals surface area contributed by atoms with E-state index in [1.165, 1.54) is 32.4 Å². The quantitative estimate of drug-likeness (QED) is 0.107. The predicted octanol–water partition coefficient (Wildman–Crippen LogP) is 5.57. The van der Waals surface area contributed by atoms with Gasteiger partial charge in [0, 0.05) is 6.54 Å². The van der Waals surface area contributed by atoms with Crippen LogP contribution < -0.4 is 4.72 Å². The Morgan fingerprint density at radius 1 is 0.810 bits per heavy atom. The zero-order valence-electron chi connectivity index (χ0n) is 24.7. The Kier molecular flexibility index (Phi) is 12.4. The number of carbonyl (C=O) groups excluding carboxylic acids is 3. The van der Waals surface area contributed by atoms with Gasteiger partial charge in [-0.05, 0) is 79.1 Å². The van der Waals surface area contributed by atoms with Gasteiger partial charge >= 0.3 is 39.6 Å². The lowest BCUT2D eigenvalue weighted by atomic mass is 9.65. The van der Waals surface area contributed by atoms with Crippen molar-refractivity contribution in [3.63, 3.8) is 0 Å². The number of hydrogen-bond acceptors (Lipinski definition) is 8. The summed E-state index contributed by atoms with van der Waals surface area (Å²) in [6.45, 7) is 5.41. The predicted molar refractivity (Wildman–Crippen MR) is 138 cm³/mol. The number of hydrogen-bond donors (Lipinski definition) is 1. The van der Waals surface area contributed by atoms with Gasteiger partial charge in [0.05, 0.1) is 16.2 Å². The van der Waals surface area contributed by atoms with Crippen molar-refractivity contribution in [1.29, 1.82) is 0 Å². The van der Waals surface area contributed by atoms with Gasteiger partial charge in [-0.3, -0.25) is 14.4 Å². The molecule has 16 heteroatoms. The van der Waals surface area contributed by atoms with Crippen LogP contribution in [0.1, 0.15) is 92.9 Å². The van der Waals surface area contributed by atoms with Gasteiger partial charge < -0.3 is 14.2 Å². The van der Waals surface area contributed by atoms with Gasteiger partial charge in [-0.15, -0.1) is 0 Å². The molecule has 0 spiro atoms. The maximum atomic E-state index is 13.8. The summed E-state index contributed by atoms with van der Waals surface area (Å²) in [4.78, 5) is 39.6. The van der Waals surface area contributed by atoms with Crippen LogP contribution in [0.3, 0.4) is 0 Å². The second-order valence-electron chi connectivity index (χ2n) is 12.0. The Morgan fingerprint density at radius 3 is 1.81 bits per heavy atom. The van der Waals surface area contributed by atoms with E-state index in [2.05, 4.69) is 4.74 Å². The fourth-order valence-electron chi connectivity index (χ4n) is 5.24. The molecular formula is C26H41F6NO8S. The number of sulfonamides is 1. The van der Waals surface area contributed by atoms with Gasteiger partial charge in [-0.25, -0.2) is 13.1 Å².